The van der Waals surface area contributed by atoms with Crippen LogP contribution in [0.25, 0.3) is 10.9 Å². The fourth-order valence-electron chi connectivity index (χ4n) is 2.15. The third-order valence-corrected chi connectivity index (χ3v) is 3.09. The minimum Gasteiger partial charge on any atom is -0.361 e. The molecule has 3 N–H and O–H groups in total. The van der Waals surface area contributed by atoms with Crippen LogP contribution in [-0.2, 0) is 6.42 Å². The van der Waals surface area contributed by atoms with Crippen LogP contribution in [0.15, 0.2) is 30.5 Å². The topological polar surface area (TPSA) is 41.8 Å². The third kappa shape index (κ3) is 2.45. The van der Waals surface area contributed by atoms with Crippen molar-refractivity contribution in [1.29, 1.82) is 0 Å². The zero-order valence-electron chi connectivity index (χ0n) is 9.87. The fraction of sp³-hybridized carbons (Fsp3) is 0.429. The van der Waals surface area contributed by atoms with Crippen LogP contribution in [0.1, 0.15) is 31.7 Å². The molecule has 1 aromatic carbocycles. The van der Waals surface area contributed by atoms with Gasteiger partial charge in [0.05, 0.1) is 0 Å². The maximum atomic E-state index is 6.13. The van der Waals surface area contributed by atoms with E-state index in [9.17, 15) is 0 Å². The molecule has 2 nitrogen and oxygen atoms in total. The lowest BCUT2D eigenvalue weighted by molar-refractivity contribution is 0.575. The maximum Gasteiger partial charge on any atom is 0.0456 e. The number of benzene rings is 1. The second kappa shape index (κ2) is 5.17. The first kappa shape index (κ1) is 11.2. The Morgan fingerprint density at radius 1 is 1.31 bits per heavy atom. The van der Waals surface area contributed by atoms with Crippen molar-refractivity contribution in [1.82, 2.24) is 4.98 Å². The summed E-state index contributed by atoms with van der Waals surface area (Å²) < 4.78 is 0. The van der Waals surface area contributed by atoms with Crippen molar-refractivity contribution in [3.8, 4) is 0 Å². The Kier molecular flexibility index (Phi) is 3.62. The molecule has 0 aliphatic rings. The lowest BCUT2D eigenvalue weighted by Crippen LogP contribution is -2.22. The number of aromatic amines is 1. The summed E-state index contributed by atoms with van der Waals surface area (Å²) in [5, 5.41) is 1.31. The van der Waals surface area contributed by atoms with E-state index in [2.05, 4.69) is 42.4 Å². The van der Waals surface area contributed by atoms with Gasteiger partial charge >= 0.3 is 0 Å². The van der Waals surface area contributed by atoms with E-state index in [0.717, 1.165) is 12.8 Å². The Balaban J connectivity index is 2.09. The molecule has 1 atom stereocenters. The highest BCUT2D eigenvalue weighted by molar-refractivity contribution is 5.83. The highest BCUT2D eigenvalue weighted by atomic mass is 14.7. The van der Waals surface area contributed by atoms with Crippen molar-refractivity contribution in [3.63, 3.8) is 0 Å². The summed E-state index contributed by atoms with van der Waals surface area (Å²) in [7, 11) is 0. The molecule has 0 aliphatic carbocycles. The monoisotopic (exact) mass is 216 g/mol. The van der Waals surface area contributed by atoms with Crippen LogP contribution in [0.2, 0.25) is 0 Å². The Hall–Kier alpha value is -1.28. The minimum absolute atomic E-state index is 0.291. The van der Waals surface area contributed by atoms with Gasteiger partial charge in [-0.25, -0.2) is 0 Å². The first-order valence-electron chi connectivity index (χ1n) is 6.12. The van der Waals surface area contributed by atoms with Gasteiger partial charge in [0.2, 0.25) is 0 Å². The molecule has 0 saturated carbocycles. The van der Waals surface area contributed by atoms with Crippen LogP contribution in [0.4, 0.5) is 0 Å². The fourth-order valence-corrected chi connectivity index (χ4v) is 2.15. The number of unbranched alkanes of at least 4 members (excludes halogenated alkanes) is 1. The van der Waals surface area contributed by atoms with E-state index in [-0.39, 0.29) is 0 Å². The molecule has 16 heavy (non-hydrogen) atoms. The molecular formula is C14H20N2. The van der Waals surface area contributed by atoms with Crippen molar-refractivity contribution in [2.75, 3.05) is 0 Å². The van der Waals surface area contributed by atoms with Gasteiger partial charge in [0.15, 0.2) is 0 Å². The molecule has 1 unspecified atom stereocenters. The van der Waals surface area contributed by atoms with Crippen LogP contribution in [0, 0.1) is 0 Å². The average molecular weight is 216 g/mol. The van der Waals surface area contributed by atoms with Crippen molar-refractivity contribution in [2.45, 2.75) is 38.6 Å². The van der Waals surface area contributed by atoms with Gasteiger partial charge in [-0.05, 0) is 24.5 Å². The highest BCUT2D eigenvalue weighted by Gasteiger charge is 2.07. The average Bonchev–Trinajstić information content (AvgIpc) is 2.70. The molecule has 2 heteroatoms. The Labute approximate surface area is 96.9 Å². The number of nitrogens with two attached hydrogens (primary N) is 1. The van der Waals surface area contributed by atoms with E-state index in [4.69, 9.17) is 5.73 Å². The van der Waals surface area contributed by atoms with Crippen LogP contribution in [0.3, 0.4) is 0 Å². The summed E-state index contributed by atoms with van der Waals surface area (Å²) in [5.41, 5.74) is 8.68. The zero-order chi connectivity index (χ0) is 11.4. The SMILES string of the molecule is CCCCC(N)Cc1c[nH]c2ccccc12. The van der Waals surface area contributed by atoms with Crippen molar-refractivity contribution in [2.24, 2.45) is 5.73 Å². The van der Waals surface area contributed by atoms with Gasteiger partial charge in [-0.1, -0.05) is 38.0 Å². The van der Waals surface area contributed by atoms with Gasteiger partial charge in [0.1, 0.15) is 0 Å². The number of aromatic nitrogens is 1. The number of hydrogen-bond acceptors (Lipinski definition) is 1. The summed E-state index contributed by atoms with van der Waals surface area (Å²) in [6.45, 7) is 2.21. The third-order valence-electron chi connectivity index (χ3n) is 3.09. The molecule has 1 heterocycles. The van der Waals surface area contributed by atoms with Gasteiger partial charge in [-0.15, -0.1) is 0 Å². The number of para-hydroxylation sites is 1. The molecule has 86 valence electrons. The first-order valence-corrected chi connectivity index (χ1v) is 6.12. The summed E-state index contributed by atoms with van der Waals surface area (Å²) in [5.74, 6) is 0. The number of fused-ring (bicyclic) bond motifs is 1. The standard InChI is InChI=1S/C14H20N2/c1-2-3-6-12(15)9-11-10-16-14-8-5-4-7-13(11)14/h4-5,7-8,10,12,16H,2-3,6,9,15H2,1H3. The minimum atomic E-state index is 0.291. The number of rotatable bonds is 5. The zero-order valence-corrected chi connectivity index (χ0v) is 9.87. The molecule has 0 radical (unpaired) electrons. The second-order valence-electron chi connectivity index (χ2n) is 4.47. The quantitative estimate of drug-likeness (QED) is 0.791. The number of H-pyrrole nitrogens is 1. The van der Waals surface area contributed by atoms with E-state index in [1.54, 1.807) is 0 Å². The van der Waals surface area contributed by atoms with Crippen LogP contribution in [-0.4, -0.2) is 11.0 Å². The van der Waals surface area contributed by atoms with E-state index in [1.807, 2.05) is 0 Å². The maximum absolute atomic E-state index is 6.13. The Morgan fingerprint density at radius 2 is 2.12 bits per heavy atom. The van der Waals surface area contributed by atoms with Gasteiger partial charge in [-0.3, -0.25) is 0 Å². The van der Waals surface area contributed by atoms with Crippen molar-refractivity contribution < 1.29 is 0 Å². The molecule has 0 bridgehead atoms. The van der Waals surface area contributed by atoms with E-state index >= 15 is 0 Å². The van der Waals surface area contributed by atoms with Gasteiger partial charge in [0.25, 0.3) is 0 Å². The van der Waals surface area contributed by atoms with Crippen molar-refractivity contribution >= 4 is 10.9 Å². The van der Waals surface area contributed by atoms with E-state index in [0.29, 0.717) is 6.04 Å². The normalized spacial score (nSPS) is 13.1. The smallest absolute Gasteiger partial charge is 0.0456 e. The van der Waals surface area contributed by atoms with Gasteiger partial charge in [0, 0.05) is 23.1 Å². The molecule has 0 saturated heterocycles. The first-order chi connectivity index (χ1) is 7.81. The largest absolute Gasteiger partial charge is 0.361 e. The van der Waals surface area contributed by atoms with Crippen LogP contribution in [0.5, 0.6) is 0 Å². The number of nitrogens with one attached hydrogen (secondary N) is 1. The highest BCUT2D eigenvalue weighted by Crippen LogP contribution is 2.19. The Morgan fingerprint density at radius 3 is 2.94 bits per heavy atom. The predicted molar refractivity (Wildman–Crippen MR) is 69.5 cm³/mol. The van der Waals surface area contributed by atoms with Gasteiger partial charge < -0.3 is 10.7 Å². The summed E-state index contributed by atoms with van der Waals surface area (Å²) >= 11 is 0. The molecule has 2 rings (SSSR count). The van der Waals surface area contributed by atoms with Crippen molar-refractivity contribution in [3.05, 3.63) is 36.0 Å². The molecule has 0 fully saturated rings. The van der Waals surface area contributed by atoms with E-state index in [1.165, 1.54) is 29.3 Å². The van der Waals surface area contributed by atoms with Crippen LogP contribution >= 0.6 is 0 Å². The lowest BCUT2D eigenvalue weighted by Gasteiger charge is -2.09. The molecular weight excluding hydrogens is 196 g/mol. The lowest BCUT2D eigenvalue weighted by atomic mass is 10.0. The predicted octanol–water partition coefficient (Wildman–Crippen LogP) is 3.23. The molecule has 1 aromatic heterocycles. The van der Waals surface area contributed by atoms with Crippen LogP contribution < -0.4 is 5.73 Å². The number of hydrogen-bond donors (Lipinski definition) is 2. The molecule has 0 aliphatic heterocycles. The molecule has 0 spiro atoms. The molecule has 2 aromatic rings. The van der Waals surface area contributed by atoms with E-state index < -0.39 is 0 Å². The Bertz CT molecular complexity index is 445. The summed E-state index contributed by atoms with van der Waals surface area (Å²) in [6, 6.07) is 8.69. The summed E-state index contributed by atoms with van der Waals surface area (Å²) in [4.78, 5) is 3.29. The van der Waals surface area contributed by atoms with Gasteiger partial charge in [-0.2, -0.15) is 0 Å². The summed E-state index contributed by atoms with van der Waals surface area (Å²) in [6.07, 6.45) is 6.64. The molecule has 0 amide bonds. The second-order valence-corrected chi connectivity index (χ2v) is 4.47.